The molecule has 1 amide bonds. The summed E-state index contributed by atoms with van der Waals surface area (Å²) in [5, 5.41) is 15.8. The van der Waals surface area contributed by atoms with Crippen molar-refractivity contribution in [2.75, 3.05) is 25.0 Å². The van der Waals surface area contributed by atoms with Crippen molar-refractivity contribution in [3.8, 4) is 0 Å². The molecular formula is C12H19N3O3. The monoisotopic (exact) mass is 253 g/mol. The first-order valence-corrected chi connectivity index (χ1v) is 6.27. The van der Waals surface area contributed by atoms with Crippen molar-refractivity contribution < 1.29 is 14.4 Å². The average molecular weight is 253 g/mol. The van der Waals surface area contributed by atoms with Crippen molar-refractivity contribution in [3.63, 3.8) is 0 Å². The number of carbonyl (C=O) groups is 1. The highest BCUT2D eigenvalue weighted by molar-refractivity contribution is 5.89. The molecular weight excluding hydrogens is 234 g/mol. The van der Waals surface area contributed by atoms with Crippen LogP contribution in [0.4, 0.5) is 5.82 Å². The minimum atomic E-state index is -0.173. The van der Waals surface area contributed by atoms with Gasteiger partial charge in [0.05, 0.1) is 6.10 Å². The van der Waals surface area contributed by atoms with Gasteiger partial charge in [0.25, 0.3) is 0 Å². The van der Waals surface area contributed by atoms with E-state index in [9.17, 15) is 9.90 Å². The Kier molecular flexibility index (Phi) is 4.33. The van der Waals surface area contributed by atoms with Crippen LogP contribution >= 0.6 is 0 Å². The van der Waals surface area contributed by atoms with E-state index in [1.807, 2.05) is 0 Å². The Bertz CT molecular complexity index is 397. The van der Waals surface area contributed by atoms with Crippen molar-refractivity contribution in [2.24, 2.45) is 0 Å². The smallest absolute Gasteiger partial charge is 0.226 e. The standard InChI is InChI=1S/C12H19N3O3/c1-9-8-11(14-18-9)13-12(17)4-7-15-5-2-10(16)3-6-15/h8,10,16H,2-7H2,1H3,(H,13,14,17). The van der Waals surface area contributed by atoms with E-state index >= 15 is 0 Å². The lowest BCUT2D eigenvalue weighted by molar-refractivity contribution is -0.116. The molecule has 0 saturated carbocycles. The summed E-state index contributed by atoms with van der Waals surface area (Å²) in [6, 6.07) is 1.69. The molecule has 1 saturated heterocycles. The molecule has 2 N–H and O–H groups in total. The fourth-order valence-electron chi connectivity index (χ4n) is 2.03. The van der Waals surface area contributed by atoms with Gasteiger partial charge in [0.15, 0.2) is 5.82 Å². The van der Waals surface area contributed by atoms with Crippen LogP contribution in [0.2, 0.25) is 0 Å². The van der Waals surface area contributed by atoms with Crippen molar-refractivity contribution >= 4 is 11.7 Å². The van der Waals surface area contributed by atoms with Gasteiger partial charge in [-0.15, -0.1) is 0 Å². The van der Waals surface area contributed by atoms with Gasteiger partial charge in [0.1, 0.15) is 5.76 Å². The van der Waals surface area contributed by atoms with Crippen LogP contribution in [-0.2, 0) is 4.79 Å². The minimum absolute atomic E-state index is 0.0607. The van der Waals surface area contributed by atoms with E-state index < -0.39 is 0 Å². The topological polar surface area (TPSA) is 78.6 Å². The minimum Gasteiger partial charge on any atom is -0.393 e. The number of aromatic nitrogens is 1. The number of carbonyl (C=O) groups excluding carboxylic acids is 1. The van der Waals surface area contributed by atoms with Gasteiger partial charge >= 0.3 is 0 Å². The zero-order valence-corrected chi connectivity index (χ0v) is 10.6. The third-order valence-corrected chi connectivity index (χ3v) is 3.11. The number of aryl methyl sites for hydroxylation is 1. The summed E-state index contributed by atoms with van der Waals surface area (Å²) in [6.45, 7) is 4.21. The summed E-state index contributed by atoms with van der Waals surface area (Å²) >= 11 is 0. The number of amides is 1. The first kappa shape index (κ1) is 13.0. The van der Waals surface area contributed by atoms with E-state index in [1.165, 1.54) is 0 Å². The lowest BCUT2D eigenvalue weighted by Crippen LogP contribution is -2.37. The predicted molar refractivity (Wildman–Crippen MR) is 66.2 cm³/mol. The maximum Gasteiger partial charge on any atom is 0.226 e. The van der Waals surface area contributed by atoms with E-state index in [1.54, 1.807) is 13.0 Å². The fourth-order valence-corrected chi connectivity index (χ4v) is 2.03. The van der Waals surface area contributed by atoms with Crippen LogP contribution in [0.1, 0.15) is 25.0 Å². The first-order chi connectivity index (χ1) is 8.63. The molecule has 0 radical (unpaired) electrons. The molecule has 1 aliphatic heterocycles. The highest BCUT2D eigenvalue weighted by Crippen LogP contribution is 2.11. The lowest BCUT2D eigenvalue weighted by Gasteiger charge is -2.29. The molecule has 0 bridgehead atoms. The molecule has 6 heteroatoms. The van der Waals surface area contributed by atoms with Crippen LogP contribution in [0.5, 0.6) is 0 Å². The molecule has 0 aromatic carbocycles. The number of aliphatic hydroxyl groups excluding tert-OH is 1. The normalized spacial score (nSPS) is 17.9. The number of hydrogen-bond acceptors (Lipinski definition) is 5. The number of anilines is 1. The molecule has 1 aromatic heterocycles. The van der Waals surface area contributed by atoms with Gasteiger partial charge < -0.3 is 19.8 Å². The molecule has 1 fully saturated rings. The molecule has 100 valence electrons. The van der Waals surface area contributed by atoms with Gasteiger partial charge in [-0.3, -0.25) is 4.79 Å². The second kappa shape index (κ2) is 5.97. The Hall–Kier alpha value is -1.40. The Morgan fingerprint density at radius 1 is 1.61 bits per heavy atom. The summed E-state index contributed by atoms with van der Waals surface area (Å²) in [5.74, 6) is 1.08. The lowest BCUT2D eigenvalue weighted by atomic mass is 10.1. The Morgan fingerprint density at radius 3 is 2.94 bits per heavy atom. The summed E-state index contributed by atoms with van der Waals surface area (Å²) in [6.07, 6.45) is 1.85. The van der Waals surface area contributed by atoms with E-state index in [2.05, 4.69) is 15.4 Å². The van der Waals surface area contributed by atoms with Gasteiger partial charge in [-0.1, -0.05) is 5.16 Å². The van der Waals surface area contributed by atoms with E-state index in [0.29, 0.717) is 18.0 Å². The average Bonchev–Trinajstić information content (AvgIpc) is 2.74. The number of hydrogen-bond donors (Lipinski definition) is 2. The van der Waals surface area contributed by atoms with E-state index in [4.69, 9.17) is 4.52 Å². The van der Waals surface area contributed by atoms with Crippen LogP contribution in [0.25, 0.3) is 0 Å². The van der Waals surface area contributed by atoms with Crippen LogP contribution < -0.4 is 5.32 Å². The zero-order valence-electron chi connectivity index (χ0n) is 10.6. The van der Waals surface area contributed by atoms with Crippen molar-refractivity contribution in [2.45, 2.75) is 32.3 Å². The molecule has 1 aliphatic rings. The Morgan fingerprint density at radius 2 is 2.33 bits per heavy atom. The number of nitrogens with zero attached hydrogens (tertiary/aromatic N) is 2. The number of nitrogens with one attached hydrogen (secondary N) is 1. The summed E-state index contributed by atoms with van der Waals surface area (Å²) in [7, 11) is 0. The number of aliphatic hydroxyl groups is 1. The second-order valence-corrected chi connectivity index (χ2v) is 4.69. The van der Waals surface area contributed by atoms with Crippen LogP contribution in [0.15, 0.2) is 10.6 Å². The second-order valence-electron chi connectivity index (χ2n) is 4.69. The predicted octanol–water partition coefficient (Wildman–Crippen LogP) is 0.768. The summed E-state index contributed by atoms with van der Waals surface area (Å²) < 4.78 is 4.87. The van der Waals surface area contributed by atoms with Crippen molar-refractivity contribution in [1.82, 2.24) is 10.1 Å². The maximum absolute atomic E-state index is 11.7. The van der Waals surface area contributed by atoms with Gasteiger partial charge in [-0.25, -0.2) is 0 Å². The molecule has 0 aliphatic carbocycles. The Balaban J connectivity index is 1.68. The largest absolute Gasteiger partial charge is 0.393 e. The molecule has 2 rings (SSSR count). The van der Waals surface area contributed by atoms with Gasteiger partial charge in [0, 0.05) is 32.1 Å². The van der Waals surface area contributed by atoms with Crippen LogP contribution in [0, 0.1) is 6.92 Å². The van der Waals surface area contributed by atoms with Gasteiger partial charge in [-0.2, -0.15) is 0 Å². The molecule has 1 aromatic rings. The zero-order chi connectivity index (χ0) is 13.0. The molecule has 18 heavy (non-hydrogen) atoms. The highest BCUT2D eigenvalue weighted by Gasteiger charge is 2.17. The quantitative estimate of drug-likeness (QED) is 0.828. The SMILES string of the molecule is Cc1cc(NC(=O)CCN2CCC(O)CC2)no1. The van der Waals surface area contributed by atoms with Crippen molar-refractivity contribution in [1.29, 1.82) is 0 Å². The fraction of sp³-hybridized carbons (Fsp3) is 0.667. The maximum atomic E-state index is 11.7. The first-order valence-electron chi connectivity index (χ1n) is 6.27. The van der Waals surface area contributed by atoms with Gasteiger partial charge in [0.2, 0.25) is 5.91 Å². The molecule has 0 atom stereocenters. The van der Waals surface area contributed by atoms with Crippen LogP contribution in [0.3, 0.4) is 0 Å². The third kappa shape index (κ3) is 3.82. The molecule has 0 unspecified atom stereocenters. The van der Waals surface area contributed by atoms with Crippen LogP contribution in [-0.4, -0.2) is 46.8 Å². The van der Waals surface area contributed by atoms with Gasteiger partial charge in [-0.05, 0) is 19.8 Å². The number of piperidine rings is 1. The van der Waals surface area contributed by atoms with Crippen molar-refractivity contribution in [3.05, 3.63) is 11.8 Å². The van der Waals surface area contributed by atoms with E-state index in [0.717, 1.165) is 32.5 Å². The summed E-state index contributed by atoms with van der Waals surface area (Å²) in [4.78, 5) is 13.9. The number of rotatable bonds is 4. The summed E-state index contributed by atoms with van der Waals surface area (Å²) in [5.41, 5.74) is 0. The molecule has 2 heterocycles. The highest BCUT2D eigenvalue weighted by atomic mass is 16.5. The molecule has 0 spiro atoms. The third-order valence-electron chi connectivity index (χ3n) is 3.11. The van der Waals surface area contributed by atoms with E-state index in [-0.39, 0.29) is 12.0 Å². The Labute approximate surface area is 106 Å². The molecule has 6 nitrogen and oxygen atoms in total. The number of likely N-dealkylation sites (tertiary alicyclic amines) is 1.